The lowest BCUT2D eigenvalue weighted by molar-refractivity contribution is 0.171. The van der Waals surface area contributed by atoms with E-state index in [2.05, 4.69) is 15.0 Å². The van der Waals surface area contributed by atoms with Crippen LogP contribution in [0.4, 0.5) is 0 Å². The van der Waals surface area contributed by atoms with Crippen LogP contribution >= 0.6 is 0 Å². The van der Waals surface area contributed by atoms with Crippen LogP contribution in [-0.4, -0.2) is 42.4 Å². The van der Waals surface area contributed by atoms with Gasteiger partial charge in [-0.2, -0.15) is 4.98 Å². The molecule has 0 N–H and O–H groups in total. The summed E-state index contributed by atoms with van der Waals surface area (Å²) in [7, 11) is 3.64. The third-order valence-electron chi connectivity index (χ3n) is 4.26. The monoisotopic (exact) mass is 367 g/mol. The topological polar surface area (TPSA) is 69.9 Å². The van der Waals surface area contributed by atoms with Crippen molar-refractivity contribution in [3.63, 3.8) is 0 Å². The molecule has 7 nitrogen and oxygen atoms in total. The van der Waals surface area contributed by atoms with E-state index in [-0.39, 0.29) is 0 Å². The van der Waals surface area contributed by atoms with Crippen molar-refractivity contribution in [3.05, 3.63) is 53.9 Å². The van der Waals surface area contributed by atoms with E-state index in [1.807, 2.05) is 49.5 Å². The third kappa shape index (κ3) is 4.03. The van der Waals surface area contributed by atoms with Gasteiger partial charge in [-0.05, 0) is 36.9 Å². The summed E-state index contributed by atoms with van der Waals surface area (Å²) in [6, 6.07) is 13.6. The quantitative estimate of drug-likeness (QED) is 0.663. The van der Waals surface area contributed by atoms with Gasteiger partial charge in [-0.1, -0.05) is 23.4 Å². The maximum Gasteiger partial charge on any atom is 0.241 e. The summed E-state index contributed by atoms with van der Waals surface area (Å²) in [4.78, 5) is 6.59. The summed E-state index contributed by atoms with van der Waals surface area (Å²) in [6.07, 6.45) is 0. The van der Waals surface area contributed by atoms with Gasteiger partial charge < -0.3 is 18.7 Å². The van der Waals surface area contributed by atoms with E-state index in [0.29, 0.717) is 31.5 Å². The predicted octanol–water partition coefficient (Wildman–Crippen LogP) is 3.15. The van der Waals surface area contributed by atoms with Crippen molar-refractivity contribution >= 4 is 0 Å². The molecule has 0 atom stereocenters. The van der Waals surface area contributed by atoms with Crippen LogP contribution in [0.15, 0.2) is 47.0 Å². The Kier molecular flexibility index (Phi) is 4.93. The third-order valence-corrected chi connectivity index (χ3v) is 4.26. The molecule has 0 radical (unpaired) electrons. The number of ether oxygens (including phenoxy) is 3. The molecule has 1 aromatic heterocycles. The van der Waals surface area contributed by atoms with E-state index in [9.17, 15) is 0 Å². The van der Waals surface area contributed by atoms with Crippen LogP contribution in [0.2, 0.25) is 0 Å². The van der Waals surface area contributed by atoms with E-state index >= 15 is 0 Å². The van der Waals surface area contributed by atoms with Crippen LogP contribution in [0.5, 0.6) is 17.2 Å². The van der Waals surface area contributed by atoms with Crippen LogP contribution < -0.4 is 14.2 Å². The number of nitrogens with zero attached hydrogens (tertiary/aromatic N) is 3. The SMILES string of the molecule is COc1cccc(-c2noc(CN(C)Cc3ccc4c(c3)OCCO4)n2)c1. The standard InChI is InChI=1S/C20H21N3O4/c1-23(12-14-6-7-17-18(10-14)26-9-8-25-17)13-19-21-20(22-27-19)15-4-3-5-16(11-15)24-2/h3-7,10-11H,8-9,12-13H2,1-2H3. The Labute approximate surface area is 157 Å². The van der Waals surface area contributed by atoms with Crippen molar-refractivity contribution in [2.24, 2.45) is 0 Å². The Bertz CT molecular complexity index is 925. The van der Waals surface area contributed by atoms with E-state index < -0.39 is 0 Å². The molecule has 0 bridgehead atoms. The van der Waals surface area contributed by atoms with Crippen molar-refractivity contribution in [2.45, 2.75) is 13.1 Å². The molecule has 0 aliphatic carbocycles. The van der Waals surface area contributed by atoms with Crippen LogP contribution in [0.3, 0.4) is 0 Å². The fraction of sp³-hybridized carbons (Fsp3) is 0.300. The van der Waals surface area contributed by atoms with Gasteiger partial charge in [-0.15, -0.1) is 0 Å². The Morgan fingerprint density at radius 3 is 2.74 bits per heavy atom. The maximum atomic E-state index is 5.64. The summed E-state index contributed by atoms with van der Waals surface area (Å²) < 4.78 is 21.8. The van der Waals surface area contributed by atoms with Crippen LogP contribution in [0, 0.1) is 0 Å². The number of fused-ring (bicyclic) bond motifs is 1. The normalized spacial score (nSPS) is 13.0. The second-order valence-electron chi connectivity index (χ2n) is 6.39. The van der Waals surface area contributed by atoms with Gasteiger partial charge in [0.25, 0.3) is 0 Å². The number of hydrogen-bond acceptors (Lipinski definition) is 7. The molecule has 0 saturated heterocycles. The molecule has 2 heterocycles. The van der Waals surface area contributed by atoms with Crippen LogP contribution in [0.1, 0.15) is 11.5 Å². The molecule has 2 aromatic carbocycles. The molecule has 3 aromatic rings. The number of methoxy groups -OCH3 is 1. The zero-order chi connectivity index (χ0) is 18.6. The minimum Gasteiger partial charge on any atom is -0.497 e. The van der Waals surface area contributed by atoms with Gasteiger partial charge in [0.15, 0.2) is 11.5 Å². The molecule has 0 unspecified atom stereocenters. The summed E-state index contributed by atoms with van der Waals surface area (Å²) in [5, 5.41) is 4.07. The molecule has 0 amide bonds. The molecule has 4 rings (SSSR count). The second-order valence-corrected chi connectivity index (χ2v) is 6.39. The fourth-order valence-electron chi connectivity index (χ4n) is 2.98. The highest BCUT2D eigenvalue weighted by Crippen LogP contribution is 2.31. The summed E-state index contributed by atoms with van der Waals surface area (Å²) in [6.45, 7) is 2.46. The maximum absolute atomic E-state index is 5.64. The lowest BCUT2D eigenvalue weighted by Gasteiger charge is -2.20. The van der Waals surface area contributed by atoms with E-state index in [1.165, 1.54) is 0 Å². The second kappa shape index (κ2) is 7.67. The molecule has 0 saturated carbocycles. The zero-order valence-electron chi connectivity index (χ0n) is 15.3. The van der Waals surface area contributed by atoms with E-state index in [0.717, 1.165) is 34.9 Å². The van der Waals surface area contributed by atoms with Crippen LogP contribution in [-0.2, 0) is 13.1 Å². The Morgan fingerprint density at radius 1 is 1.04 bits per heavy atom. The van der Waals surface area contributed by atoms with E-state index in [1.54, 1.807) is 7.11 Å². The number of aromatic nitrogens is 2. The summed E-state index contributed by atoms with van der Waals surface area (Å²) in [5.41, 5.74) is 1.99. The van der Waals surface area contributed by atoms with Crippen molar-refractivity contribution < 1.29 is 18.7 Å². The first-order chi connectivity index (χ1) is 13.2. The number of rotatable bonds is 6. The highest BCUT2D eigenvalue weighted by atomic mass is 16.6. The highest BCUT2D eigenvalue weighted by molar-refractivity contribution is 5.56. The molecule has 1 aliphatic rings. The average molecular weight is 367 g/mol. The van der Waals surface area contributed by atoms with Gasteiger partial charge in [-0.25, -0.2) is 0 Å². The molecular weight excluding hydrogens is 346 g/mol. The van der Waals surface area contributed by atoms with Gasteiger partial charge in [-0.3, -0.25) is 4.90 Å². The molecule has 1 aliphatic heterocycles. The largest absolute Gasteiger partial charge is 0.497 e. The average Bonchev–Trinajstić information content (AvgIpc) is 3.16. The van der Waals surface area contributed by atoms with Gasteiger partial charge in [0.05, 0.1) is 13.7 Å². The Morgan fingerprint density at radius 2 is 1.89 bits per heavy atom. The minimum absolute atomic E-state index is 0.547. The summed E-state index contributed by atoms with van der Waals surface area (Å²) in [5.74, 6) is 3.47. The molecule has 140 valence electrons. The first-order valence-electron chi connectivity index (χ1n) is 8.75. The van der Waals surface area contributed by atoms with Crippen molar-refractivity contribution in [1.82, 2.24) is 15.0 Å². The fourth-order valence-corrected chi connectivity index (χ4v) is 2.98. The lowest BCUT2D eigenvalue weighted by atomic mass is 10.2. The minimum atomic E-state index is 0.547. The van der Waals surface area contributed by atoms with Gasteiger partial charge in [0.2, 0.25) is 11.7 Å². The number of hydrogen-bond donors (Lipinski definition) is 0. The molecule has 0 spiro atoms. The van der Waals surface area contributed by atoms with Gasteiger partial charge in [0, 0.05) is 12.1 Å². The Balaban J connectivity index is 1.41. The smallest absolute Gasteiger partial charge is 0.241 e. The molecule has 0 fully saturated rings. The molecule has 27 heavy (non-hydrogen) atoms. The van der Waals surface area contributed by atoms with Crippen LogP contribution in [0.25, 0.3) is 11.4 Å². The Hall–Kier alpha value is -3.06. The predicted molar refractivity (Wildman–Crippen MR) is 98.9 cm³/mol. The van der Waals surface area contributed by atoms with Gasteiger partial charge >= 0.3 is 0 Å². The molecule has 7 heteroatoms. The highest BCUT2D eigenvalue weighted by Gasteiger charge is 2.14. The first kappa shape index (κ1) is 17.4. The summed E-state index contributed by atoms with van der Waals surface area (Å²) >= 11 is 0. The molecular formula is C20H21N3O4. The lowest BCUT2D eigenvalue weighted by Crippen LogP contribution is -2.18. The van der Waals surface area contributed by atoms with Gasteiger partial charge in [0.1, 0.15) is 19.0 Å². The zero-order valence-corrected chi connectivity index (χ0v) is 15.3. The number of benzene rings is 2. The first-order valence-corrected chi connectivity index (χ1v) is 8.75. The van der Waals surface area contributed by atoms with Crippen molar-refractivity contribution in [3.8, 4) is 28.6 Å². The van der Waals surface area contributed by atoms with Crippen molar-refractivity contribution in [1.29, 1.82) is 0 Å². The van der Waals surface area contributed by atoms with Crippen molar-refractivity contribution in [2.75, 3.05) is 27.4 Å². The van der Waals surface area contributed by atoms with E-state index in [4.69, 9.17) is 18.7 Å².